The third kappa shape index (κ3) is 3.60. The zero-order valence-electron chi connectivity index (χ0n) is 15.7. The molecule has 1 aliphatic rings. The molecule has 1 aliphatic heterocycles. The minimum atomic E-state index is 0.0700. The van der Waals surface area contributed by atoms with E-state index in [0.717, 1.165) is 36.1 Å². The van der Waals surface area contributed by atoms with Crippen molar-refractivity contribution in [3.05, 3.63) is 47.0 Å². The number of nitrogens with zero attached hydrogens (tertiary/aromatic N) is 6. The van der Waals surface area contributed by atoms with Crippen molar-refractivity contribution in [1.29, 1.82) is 0 Å². The maximum atomic E-state index is 13.0. The summed E-state index contributed by atoms with van der Waals surface area (Å²) < 4.78 is 6.81. The summed E-state index contributed by atoms with van der Waals surface area (Å²) in [5, 5.41) is 12.3. The van der Waals surface area contributed by atoms with Gasteiger partial charge in [-0.15, -0.1) is 5.10 Å². The fraction of sp³-hybridized carbons (Fsp3) is 0.421. The van der Waals surface area contributed by atoms with Crippen molar-refractivity contribution in [3.63, 3.8) is 0 Å². The normalized spacial score (nSPS) is 17.3. The molecule has 1 fully saturated rings. The largest absolute Gasteiger partial charge is 0.339 e. The minimum absolute atomic E-state index is 0.0700. The first kappa shape index (κ1) is 17.4. The number of rotatable bonds is 3. The number of hydrogen-bond donors (Lipinski definition) is 0. The number of likely N-dealkylation sites (tertiary alicyclic amines) is 1. The molecule has 8 heteroatoms. The monoisotopic (exact) mass is 366 g/mol. The van der Waals surface area contributed by atoms with Gasteiger partial charge in [0.1, 0.15) is 0 Å². The predicted molar refractivity (Wildman–Crippen MR) is 98.1 cm³/mol. The molecule has 0 bridgehead atoms. The molecule has 140 valence electrons. The molecule has 27 heavy (non-hydrogen) atoms. The van der Waals surface area contributed by atoms with E-state index >= 15 is 0 Å². The topological polar surface area (TPSA) is 89.9 Å². The van der Waals surface area contributed by atoms with Gasteiger partial charge in [0.25, 0.3) is 5.91 Å². The SMILES string of the molecule is Cc1cc(C)cc(C(=O)N2CCC[C@@H](n3cc(-c4noc(C)n4)nn3)C2)c1. The number of benzene rings is 1. The number of carbonyl (C=O) groups excluding carboxylic acids is 1. The van der Waals surface area contributed by atoms with Crippen molar-refractivity contribution >= 4 is 5.91 Å². The average Bonchev–Trinajstić information content (AvgIpc) is 3.29. The van der Waals surface area contributed by atoms with Crippen LogP contribution in [0.1, 0.15) is 46.3 Å². The quantitative estimate of drug-likeness (QED) is 0.708. The summed E-state index contributed by atoms with van der Waals surface area (Å²) in [4.78, 5) is 19.0. The number of carbonyl (C=O) groups is 1. The highest BCUT2D eigenvalue weighted by Gasteiger charge is 2.27. The summed E-state index contributed by atoms with van der Waals surface area (Å²) in [6.07, 6.45) is 3.70. The van der Waals surface area contributed by atoms with Gasteiger partial charge in [0.05, 0.1) is 12.2 Å². The van der Waals surface area contributed by atoms with Gasteiger partial charge >= 0.3 is 0 Å². The van der Waals surface area contributed by atoms with Crippen LogP contribution in [0.25, 0.3) is 11.5 Å². The zero-order valence-corrected chi connectivity index (χ0v) is 15.7. The van der Waals surface area contributed by atoms with Crippen molar-refractivity contribution in [2.75, 3.05) is 13.1 Å². The summed E-state index contributed by atoms with van der Waals surface area (Å²) in [5.41, 5.74) is 3.52. The van der Waals surface area contributed by atoms with Gasteiger partial charge < -0.3 is 9.42 Å². The maximum Gasteiger partial charge on any atom is 0.253 e. The predicted octanol–water partition coefficient (Wildman–Crippen LogP) is 2.73. The third-order valence-electron chi connectivity index (χ3n) is 4.79. The molecule has 0 N–H and O–H groups in total. The molecule has 2 aromatic heterocycles. The second kappa shape index (κ2) is 6.94. The molecule has 8 nitrogen and oxygen atoms in total. The fourth-order valence-electron chi connectivity index (χ4n) is 3.60. The van der Waals surface area contributed by atoms with E-state index in [-0.39, 0.29) is 11.9 Å². The summed E-state index contributed by atoms with van der Waals surface area (Å²) >= 11 is 0. The number of amides is 1. The Morgan fingerprint density at radius 2 is 1.96 bits per heavy atom. The Labute approximate surface area is 157 Å². The van der Waals surface area contributed by atoms with Crippen molar-refractivity contribution in [3.8, 4) is 11.5 Å². The van der Waals surface area contributed by atoms with E-state index in [2.05, 4.69) is 26.5 Å². The Balaban J connectivity index is 1.51. The Morgan fingerprint density at radius 1 is 1.19 bits per heavy atom. The number of piperidine rings is 1. The lowest BCUT2D eigenvalue weighted by atomic mass is 10.0. The Hall–Kier alpha value is -3.03. The Kier molecular flexibility index (Phi) is 4.47. The van der Waals surface area contributed by atoms with Gasteiger partial charge in [-0.2, -0.15) is 4.98 Å². The van der Waals surface area contributed by atoms with Crippen LogP contribution in [0.4, 0.5) is 0 Å². The van der Waals surface area contributed by atoms with Gasteiger partial charge in [-0.05, 0) is 38.8 Å². The van der Waals surface area contributed by atoms with Gasteiger partial charge in [0.15, 0.2) is 5.69 Å². The van der Waals surface area contributed by atoms with Gasteiger partial charge in [-0.1, -0.05) is 27.6 Å². The van der Waals surface area contributed by atoms with E-state index in [4.69, 9.17) is 4.52 Å². The molecule has 4 rings (SSSR count). The zero-order chi connectivity index (χ0) is 19.0. The van der Waals surface area contributed by atoms with Crippen LogP contribution in [0.5, 0.6) is 0 Å². The van der Waals surface area contributed by atoms with Crippen LogP contribution in [0.2, 0.25) is 0 Å². The first-order chi connectivity index (χ1) is 13.0. The molecule has 0 saturated carbocycles. The molecular formula is C19H22N6O2. The molecule has 0 radical (unpaired) electrons. The van der Waals surface area contributed by atoms with Gasteiger partial charge in [0, 0.05) is 25.6 Å². The molecule has 0 unspecified atom stereocenters. The molecule has 3 aromatic rings. The molecule has 1 aromatic carbocycles. The van der Waals surface area contributed by atoms with Crippen LogP contribution in [-0.4, -0.2) is 49.0 Å². The number of aromatic nitrogens is 5. The highest BCUT2D eigenvalue weighted by atomic mass is 16.5. The lowest BCUT2D eigenvalue weighted by Crippen LogP contribution is -2.40. The minimum Gasteiger partial charge on any atom is -0.339 e. The average molecular weight is 366 g/mol. The highest BCUT2D eigenvalue weighted by Crippen LogP contribution is 2.24. The van der Waals surface area contributed by atoms with Crippen LogP contribution in [-0.2, 0) is 0 Å². The lowest BCUT2D eigenvalue weighted by Gasteiger charge is -2.32. The smallest absolute Gasteiger partial charge is 0.253 e. The molecule has 0 aliphatic carbocycles. The standard InChI is InChI=1S/C19H22N6O2/c1-12-7-13(2)9-15(8-12)19(26)24-6-4-5-16(10-24)25-11-17(21-23-25)18-20-14(3)27-22-18/h7-9,11,16H,4-6,10H2,1-3H3/t16-/m1/s1. The highest BCUT2D eigenvalue weighted by molar-refractivity contribution is 5.94. The van der Waals surface area contributed by atoms with Gasteiger partial charge in [-0.25, -0.2) is 4.68 Å². The third-order valence-corrected chi connectivity index (χ3v) is 4.79. The van der Waals surface area contributed by atoms with Crippen LogP contribution < -0.4 is 0 Å². The molecule has 1 saturated heterocycles. The van der Waals surface area contributed by atoms with Crippen molar-refractivity contribution in [2.24, 2.45) is 0 Å². The van der Waals surface area contributed by atoms with Crippen LogP contribution in [0.15, 0.2) is 28.9 Å². The van der Waals surface area contributed by atoms with E-state index in [9.17, 15) is 4.79 Å². The van der Waals surface area contributed by atoms with Crippen LogP contribution in [0.3, 0.4) is 0 Å². The van der Waals surface area contributed by atoms with E-state index in [1.54, 1.807) is 6.92 Å². The van der Waals surface area contributed by atoms with E-state index in [1.807, 2.05) is 41.8 Å². The van der Waals surface area contributed by atoms with Crippen LogP contribution in [0, 0.1) is 20.8 Å². The second-order valence-corrected chi connectivity index (χ2v) is 7.14. The van der Waals surface area contributed by atoms with E-state index in [0.29, 0.717) is 24.0 Å². The van der Waals surface area contributed by atoms with Crippen molar-refractivity contribution in [1.82, 2.24) is 30.0 Å². The lowest BCUT2D eigenvalue weighted by molar-refractivity contribution is 0.0671. The summed E-state index contributed by atoms with van der Waals surface area (Å²) in [7, 11) is 0. The summed E-state index contributed by atoms with van der Waals surface area (Å²) in [6.45, 7) is 7.13. The summed E-state index contributed by atoms with van der Waals surface area (Å²) in [5.74, 6) is 0.987. The van der Waals surface area contributed by atoms with Gasteiger partial charge in [-0.3, -0.25) is 4.79 Å². The molecular weight excluding hydrogens is 344 g/mol. The maximum absolute atomic E-state index is 13.0. The van der Waals surface area contributed by atoms with Crippen LogP contribution >= 0.6 is 0 Å². The molecule has 1 atom stereocenters. The first-order valence-electron chi connectivity index (χ1n) is 9.09. The van der Waals surface area contributed by atoms with Gasteiger partial charge in [0.2, 0.25) is 11.7 Å². The number of aryl methyl sites for hydroxylation is 3. The van der Waals surface area contributed by atoms with E-state index < -0.39 is 0 Å². The fourth-order valence-corrected chi connectivity index (χ4v) is 3.60. The second-order valence-electron chi connectivity index (χ2n) is 7.14. The first-order valence-corrected chi connectivity index (χ1v) is 9.09. The Morgan fingerprint density at radius 3 is 2.67 bits per heavy atom. The molecule has 0 spiro atoms. The summed E-state index contributed by atoms with van der Waals surface area (Å²) in [6, 6.07) is 6.06. The molecule has 3 heterocycles. The van der Waals surface area contributed by atoms with Crippen molar-refractivity contribution < 1.29 is 9.32 Å². The Bertz CT molecular complexity index is 956. The number of hydrogen-bond acceptors (Lipinski definition) is 6. The van der Waals surface area contributed by atoms with E-state index in [1.165, 1.54) is 0 Å². The molecule has 1 amide bonds. The van der Waals surface area contributed by atoms with Crippen molar-refractivity contribution in [2.45, 2.75) is 39.7 Å².